The third-order valence-electron chi connectivity index (χ3n) is 6.93. The Kier molecular flexibility index (Phi) is 6.08. The molecule has 0 amide bonds. The lowest BCUT2D eigenvalue weighted by Crippen LogP contribution is -2.18. The molecule has 0 saturated carbocycles. The van der Waals surface area contributed by atoms with Crippen LogP contribution in [0, 0.1) is 41.5 Å². The standard InChI is InChI=1S/C25H32N4O2/c1-14-16(3)20-9-7-11-22(24(20)26-18(14)5)28-30-13-31-29-23-12-8-10-21-17(4)15(2)19(6)27-25(21)23/h7-13H2,1-6H3/b28-22+,29-23+. The molecule has 0 saturated heterocycles. The number of oxime groups is 2. The molecule has 6 nitrogen and oxygen atoms in total. The van der Waals surface area contributed by atoms with Crippen LogP contribution in [0.15, 0.2) is 10.3 Å². The molecule has 0 atom stereocenters. The first-order valence-corrected chi connectivity index (χ1v) is 11.2. The first-order valence-electron chi connectivity index (χ1n) is 11.2. The minimum Gasteiger partial charge on any atom is -0.351 e. The van der Waals surface area contributed by atoms with Gasteiger partial charge in [-0.05, 0) is 113 Å². The molecule has 0 unspecified atom stereocenters. The van der Waals surface area contributed by atoms with E-state index in [1.165, 1.54) is 33.4 Å². The van der Waals surface area contributed by atoms with E-state index < -0.39 is 0 Å². The second-order valence-electron chi connectivity index (χ2n) is 8.71. The molecule has 0 N–H and O–H groups in total. The van der Waals surface area contributed by atoms with Crippen molar-refractivity contribution in [3.8, 4) is 0 Å². The van der Waals surface area contributed by atoms with Crippen LogP contribution in [0.3, 0.4) is 0 Å². The average Bonchev–Trinajstić information content (AvgIpc) is 2.76. The Labute approximate surface area is 184 Å². The molecule has 0 bridgehead atoms. The SMILES string of the molecule is Cc1nc2c(c(C)c1C)CCC/C2=N\OCO/N=C1\CCCc2c1nc(C)c(C)c2C. The fraction of sp³-hybridized carbons (Fsp3) is 0.520. The van der Waals surface area contributed by atoms with Gasteiger partial charge in [-0.15, -0.1) is 0 Å². The molecule has 0 radical (unpaired) electrons. The van der Waals surface area contributed by atoms with Crippen molar-refractivity contribution in [3.63, 3.8) is 0 Å². The van der Waals surface area contributed by atoms with E-state index in [2.05, 4.69) is 51.9 Å². The van der Waals surface area contributed by atoms with Gasteiger partial charge in [0, 0.05) is 11.4 Å². The Bertz CT molecular complexity index is 1000. The summed E-state index contributed by atoms with van der Waals surface area (Å²) in [5, 5.41) is 8.69. The Morgan fingerprint density at radius 1 is 0.613 bits per heavy atom. The van der Waals surface area contributed by atoms with E-state index in [9.17, 15) is 0 Å². The zero-order chi connectivity index (χ0) is 22.1. The zero-order valence-corrected chi connectivity index (χ0v) is 19.6. The largest absolute Gasteiger partial charge is 0.351 e. The van der Waals surface area contributed by atoms with E-state index in [-0.39, 0.29) is 6.79 Å². The van der Waals surface area contributed by atoms with Crippen LogP contribution in [0.5, 0.6) is 0 Å². The Morgan fingerprint density at radius 2 is 1.03 bits per heavy atom. The highest BCUT2D eigenvalue weighted by Crippen LogP contribution is 2.28. The maximum atomic E-state index is 5.48. The number of rotatable bonds is 4. The summed E-state index contributed by atoms with van der Waals surface area (Å²) in [6, 6.07) is 0. The Hall–Kier alpha value is -2.76. The fourth-order valence-electron chi connectivity index (χ4n) is 4.59. The molecule has 2 aliphatic carbocycles. The Morgan fingerprint density at radius 3 is 1.45 bits per heavy atom. The molecule has 4 rings (SSSR count). The molecular formula is C25H32N4O2. The lowest BCUT2D eigenvalue weighted by molar-refractivity contribution is -0.0509. The topological polar surface area (TPSA) is 69.0 Å². The lowest BCUT2D eigenvalue weighted by Gasteiger charge is -2.21. The van der Waals surface area contributed by atoms with Gasteiger partial charge in [0.25, 0.3) is 6.79 Å². The first-order chi connectivity index (χ1) is 14.9. The summed E-state index contributed by atoms with van der Waals surface area (Å²) >= 11 is 0. The summed E-state index contributed by atoms with van der Waals surface area (Å²) in [4.78, 5) is 20.5. The molecule has 31 heavy (non-hydrogen) atoms. The van der Waals surface area contributed by atoms with Gasteiger partial charge >= 0.3 is 0 Å². The molecular weight excluding hydrogens is 388 g/mol. The number of pyridine rings is 2. The highest BCUT2D eigenvalue weighted by Gasteiger charge is 2.23. The minimum absolute atomic E-state index is 0.0225. The van der Waals surface area contributed by atoms with Crippen molar-refractivity contribution in [2.45, 2.75) is 80.1 Å². The maximum Gasteiger partial charge on any atom is 0.280 e. The molecule has 2 aromatic rings. The van der Waals surface area contributed by atoms with Crippen LogP contribution in [-0.2, 0) is 22.5 Å². The predicted molar refractivity (Wildman–Crippen MR) is 123 cm³/mol. The lowest BCUT2D eigenvalue weighted by atomic mass is 9.89. The number of hydrogen-bond acceptors (Lipinski definition) is 6. The van der Waals surface area contributed by atoms with Gasteiger partial charge in [-0.1, -0.05) is 10.3 Å². The van der Waals surface area contributed by atoms with Gasteiger partial charge in [0.1, 0.15) is 11.4 Å². The molecule has 0 aromatic carbocycles. The second kappa shape index (κ2) is 8.77. The molecule has 0 spiro atoms. The van der Waals surface area contributed by atoms with E-state index in [4.69, 9.17) is 19.6 Å². The van der Waals surface area contributed by atoms with Crippen LogP contribution in [-0.4, -0.2) is 28.2 Å². The number of hydrogen-bond donors (Lipinski definition) is 0. The summed E-state index contributed by atoms with van der Waals surface area (Å²) in [7, 11) is 0. The van der Waals surface area contributed by atoms with Gasteiger partial charge in [-0.2, -0.15) is 0 Å². The predicted octanol–water partition coefficient (Wildman–Crippen LogP) is 5.10. The molecule has 2 heterocycles. The maximum absolute atomic E-state index is 5.48. The van der Waals surface area contributed by atoms with Gasteiger partial charge in [-0.25, -0.2) is 0 Å². The molecule has 2 aliphatic rings. The summed E-state index contributed by atoms with van der Waals surface area (Å²) in [5.74, 6) is 0. The monoisotopic (exact) mass is 420 g/mol. The van der Waals surface area contributed by atoms with Crippen molar-refractivity contribution in [3.05, 3.63) is 56.2 Å². The quantitative estimate of drug-likeness (QED) is 0.392. The van der Waals surface area contributed by atoms with Crippen LogP contribution in [0.4, 0.5) is 0 Å². The van der Waals surface area contributed by atoms with Crippen LogP contribution < -0.4 is 0 Å². The van der Waals surface area contributed by atoms with Gasteiger partial charge in [0.2, 0.25) is 0 Å². The van der Waals surface area contributed by atoms with Gasteiger partial charge in [-0.3, -0.25) is 9.97 Å². The van der Waals surface area contributed by atoms with Crippen molar-refractivity contribution < 1.29 is 9.68 Å². The van der Waals surface area contributed by atoms with Gasteiger partial charge in [0.15, 0.2) is 0 Å². The number of aryl methyl sites for hydroxylation is 2. The van der Waals surface area contributed by atoms with Crippen LogP contribution >= 0.6 is 0 Å². The highest BCUT2D eigenvalue weighted by molar-refractivity contribution is 6.01. The zero-order valence-electron chi connectivity index (χ0n) is 19.6. The van der Waals surface area contributed by atoms with Crippen molar-refractivity contribution in [2.24, 2.45) is 10.3 Å². The van der Waals surface area contributed by atoms with E-state index in [0.29, 0.717) is 0 Å². The van der Waals surface area contributed by atoms with Crippen molar-refractivity contribution in [1.82, 2.24) is 9.97 Å². The molecule has 2 aromatic heterocycles. The fourth-order valence-corrected chi connectivity index (χ4v) is 4.59. The first kappa shape index (κ1) is 21.5. The number of fused-ring (bicyclic) bond motifs is 2. The van der Waals surface area contributed by atoms with Gasteiger partial charge in [0.05, 0.1) is 11.4 Å². The van der Waals surface area contributed by atoms with Crippen LogP contribution in [0.1, 0.15) is 81.8 Å². The van der Waals surface area contributed by atoms with E-state index in [0.717, 1.165) is 72.7 Å². The smallest absolute Gasteiger partial charge is 0.280 e. The normalized spacial score (nSPS) is 18.1. The summed E-state index contributed by atoms with van der Waals surface area (Å²) in [6.07, 6.45) is 5.94. The minimum atomic E-state index is -0.0225. The van der Waals surface area contributed by atoms with Crippen molar-refractivity contribution in [1.29, 1.82) is 0 Å². The molecule has 6 heteroatoms. The highest BCUT2D eigenvalue weighted by atomic mass is 16.8. The second-order valence-corrected chi connectivity index (χ2v) is 8.71. The third-order valence-corrected chi connectivity index (χ3v) is 6.93. The van der Waals surface area contributed by atoms with Crippen molar-refractivity contribution in [2.75, 3.05) is 6.79 Å². The number of nitrogens with zero attached hydrogens (tertiary/aromatic N) is 4. The summed E-state index contributed by atoms with van der Waals surface area (Å²) in [6.45, 7) is 12.7. The summed E-state index contributed by atoms with van der Waals surface area (Å²) < 4.78 is 0. The van der Waals surface area contributed by atoms with Crippen LogP contribution in [0.2, 0.25) is 0 Å². The van der Waals surface area contributed by atoms with Gasteiger partial charge < -0.3 is 9.68 Å². The molecule has 0 fully saturated rings. The average molecular weight is 421 g/mol. The third kappa shape index (κ3) is 4.08. The van der Waals surface area contributed by atoms with E-state index in [1.54, 1.807) is 0 Å². The van der Waals surface area contributed by atoms with Crippen molar-refractivity contribution >= 4 is 11.4 Å². The molecule has 164 valence electrons. The Balaban J connectivity index is 1.46. The van der Waals surface area contributed by atoms with Crippen LogP contribution in [0.25, 0.3) is 0 Å². The molecule has 0 aliphatic heterocycles. The van der Waals surface area contributed by atoms with E-state index >= 15 is 0 Å². The van der Waals surface area contributed by atoms with E-state index in [1.807, 2.05) is 0 Å². The summed E-state index contributed by atoms with van der Waals surface area (Å²) in [5.41, 5.74) is 13.6. The number of aromatic nitrogens is 2.